The summed E-state index contributed by atoms with van der Waals surface area (Å²) in [6, 6.07) is 1.90. The first-order valence-electron chi connectivity index (χ1n) is 5.59. The quantitative estimate of drug-likeness (QED) is 0.454. The molecule has 0 aliphatic heterocycles. The van der Waals surface area contributed by atoms with Crippen LogP contribution in [0.2, 0.25) is 0 Å². The number of hydrogen-bond donors (Lipinski definition) is 2. The van der Waals surface area contributed by atoms with Crippen molar-refractivity contribution in [3.63, 3.8) is 0 Å². The van der Waals surface area contributed by atoms with Crippen LogP contribution in [-0.2, 0) is 5.75 Å². The molecule has 5 heteroatoms. The lowest BCUT2D eigenvalue weighted by Gasteiger charge is -2.09. The van der Waals surface area contributed by atoms with Crippen molar-refractivity contribution in [1.29, 1.82) is 0 Å². The van der Waals surface area contributed by atoms with Crippen molar-refractivity contribution < 1.29 is 0 Å². The van der Waals surface area contributed by atoms with E-state index in [1.165, 1.54) is 6.42 Å². The molecule has 0 aliphatic carbocycles. The van der Waals surface area contributed by atoms with Crippen molar-refractivity contribution in [3.05, 3.63) is 17.6 Å². The molecule has 0 fully saturated rings. The summed E-state index contributed by atoms with van der Waals surface area (Å²) in [5.74, 6) is 9.34. The predicted octanol–water partition coefficient (Wildman–Crippen LogP) is 2.53. The minimum absolute atomic E-state index is 0.394. The van der Waals surface area contributed by atoms with Crippen LogP contribution < -0.4 is 11.3 Å². The first kappa shape index (κ1) is 13.3. The average molecular weight is 240 g/mol. The molecule has 1 heterocycles. The van der Waals surface area contributed by atoms with Gasteiger partial charge < -0.3 is 5.43 Å². The van der Waals surface area contributed by atoms with Gasteiger partial charge in [0.2, 0.25) is 0 Å². The van der Waals surface area contributed by atoms with Gasteiger partial charge in [0.15, 0.2) is 0 Å². The zero-order valence-corrected chi connectivity index (χ0v) is 11.0. The number of nitrogens with two attached hydrogens (primary N) is 1. The molecular formula is C11H20N4S. The smallest absolute Gasteiger partial charge is 0.143 e. The maximum absolute atomic E-state index is 5.40. The molecule has 0 aromatic carbocycles. The molecule has 3 N–H and O–H groups in total. The first-order valence-corrected chi connectivity index (χ1v) is 6.75. The van der Waals surface area contributed by atoms with Crippen molar-refractivity contribution in [2.75, 3.05) is 11.2 Å². The van der Waals surface area contributed by atoms with Crippen molar-refractivity contribution in [2.24, 2.45) is 5.84 Å². The van der Waals surface area contributed by atoms with Gasteiger partial charge in [0.1, 0.15) is 11.6 Å². The van der Waals surface area contributed by atoms with E-state index in [4.69, 9.17) is 5.84 Å². The molecule has 16 heavy (non-hydrogen) atoms. The molecular weight excluding hydrogens is 220 g/mol. The summed E-state index contributed by atoms with van der Waals surface area (Å²) in [6.45, 7) is 6.41. The standard InChI is InChI=1S/C11H20N4S/c1-4-5-16-7-11-13-9(8(2)3)6-10(14-11)15-12/h6,8H,4-5,7,12H2,1-3H3,(H,13,14,15). The topological polar surface area (TPSA) is 63.8 Å². The number of rotatable bonds is 6. The fraction of sp³-hybridized carbons (Fsp3) is 0.636. The lowest BCUT2D eigenvalue weighted by molar-refractivity contribution is 0.800. The molecule has 1 rings (SSSR count). The van der Waals surface area contributed by atoms with Crippen molar-refractivity contribution in [3.8, 4) is 0 Å². The molecule has 0 aliphatic rings. The van der Waals surface area contributed by atoms with E-state index in [2.05, 4.69) is 36.2 Å². The van der Waals surface area contributed by atoms with Gasteiger partial charge >= 0.3 is 0 Å². The van der Waals surface area contributed by atoms with Gasteiger partial charge in [0.25, 0.3) is 0 Å². The second kappa shape index (κ2) is 6.70. The Labute approximate surface area is 101 Å². The van der Waals surface area contributed by atoms with E-state index in [0.717, 1.165) is 23.0 Å². The van der Waals surface area contributed by atoms with Crippen LogP contribution >= 0.6 is 11.8 Å². The lowest BCUT2D eigenvalue weighted by Crippen LogP contribution is -2.12. The van der Waals surface area contributed by atoms with E-state index < -0.39 is 0 Å². The first-order chi connectivity index (χ1) is 7.67. The summed E-state index contributed by atoms with van der Waals surface area (Å²) >= 11 is 1.85. The Morgan fingerprint density at radius 1 is 1.44 bits per heavy atom. The Kier molecular flexibility index (Phi) is 5.55. The number of aromatic nitrogens is 2. The van der Waals surface area contributed by atoms with Gasteiger partial charge in [-0.05, 0) is 18.1 Å². The Hall–Kier alpha value is -0.810. The predicted molar refractivity (Wildman–Crippen MR) is 70.4 cm³/mol. The van der Waals surface area contributed by atoms with E-state index in [1.807, 2.05) is 17.8 Å². The Bertz CT molecular complexity index is 328. The summed E-state index contributed by atoms with van der Waals surface area (Å²) in [5, 5.41) is 0. The lowest BCUT2D eigenvalue weighted by atomic mass is 10.1. The molecule has 0 saturated heterocycles. The summed E-state index contributed by atoms with van der Waals surface area (Å²) in [4.78, 5) is 8.86. The average Bonchev–Trinajstić information content (AvgIpc) is 2.29. The fourth-order valence-corrected chi connectivity index (χ4v) is 2.00. The number of thioether (sulfide) groups is 1. The molecule has 0 radical (unpaired) electrons. The summed E-state index contributed by atoms with van der Waals surface area (Å²) in [7, 11) is 0. The van der Waals surface area contributed by atoms with Gasteiger partial charge in [-0.2, -0.15) is 11.8 Å². The molecule has 0 unspecified atom stereocenters. The van der Waals surface area contributed by atoms with Crippen LogP contribution in [0.5, 0.6) is 0 Å². The highest BCUT2D eigenvalue weighted by molar-refractivity contribution is 7.98. The van der Waals surface area contributed by atoms with Crippen LogP contribution in [0.15, 0.2) is 6.07 Å². The number of nitrogens with zero attached hydrogens (tertiary/aromatic N) is 2. The SMILES string of the molecule is CCCSCc1nc(NN)cc(C(C)C)n1. The van der Waals surface area contributed by atoms with Crippen LogP contribution in [0.1, 0.15) is 44.6 Å². The van der Waals surface area contributed by atoms with Crippen LogP contribution in [-0.4, -0.2) is 15.7 Å². The van der Waals surface area contributed by atoms with E-state index in [9.17, 15) is 0 Å². The van der Waals surface area contributed by atoms with Gasteiger partial charge in [0.05, 0.1) is 5.75 Å². The number of nitrogen functional groups attached to an aromatic ring is 1. The van der Waals surface area contributed by atoms with Crippen molar-refractivity contribution in [1.82, 2.24) is 9.97 Å². The normalized spacial score (nSPS) is 10.8. The summed E-state index contributed by atoms with van der Waals surface area (Å²) < 4.78 is 0. The molecule has 1 aromatic rings. The Morgan fingerprint density at radius 3 is 2.75 bits per heavy atom. The third kappa shape index (κ3) is 3.98. The minimum atomic E-state index is 0.394. The highest BCUT2D eigenvalue weighted by Gasteiger charge is 2.07. The van der Waals surface area contributed by atoms with Gasteiger partial charge in [0, 0.05) is 11.8 Å². The molecule has 90 valence electrons. The van der Waals surface area contributed by atoms with Crippen LogP contribution in [0.25, 0.3) is 0 Å². The van der Waals surface area contributed by atoms with Crippen molar-refractivity contribution in [2.45, 2.75) is 38.9 Å². The van der Waals surface area contributed by atoms with Gasteiger partial charge in [-0.1, -0.05) is 20.8 Å². The van der Waals surface area contributed by atoms with Crippen LogP contribution in [0.3, 0.4) is 0 Å². The fourth-order valence-electron chi connectivity index (χ4n) is 1.26. The highest BCUT2D eigenvalue weighted by atomic mass is 32.2. The van der Waals surface area contributed by atoms with Gasteiger partial charge in [-0.3, -0.25) is 0 Å². The highest BCUT2D eigenvalue weighted by Crippen LogP contribution is 2.17. The Balaban J connectivity index is 2.78. The van der Waals surface area contributed by atoms with Gasteiger partial charge in [-0.25, -0.2) is 15.8 Å². The molecule has 0 saturated carbocycles. The molecule has 0 spiro atoms. The van der Waals surface area contributed by atoms with Crippen molar-refractivity contribution >= 4 is 17.6 Å². The van der Waals surface area contributed by atoms with Crippen LogP contribution in [0.4, 0.5) is 5.82 Å². The van der Waals surface area contributed by atoms with Gasteiger partial charge in [-0.15, -0.1) is 0 Å². The number of hydrazine groups is 1. The van der Waals surface area contributed by atoms with E-state index in [0.29, 0.717) is 11.7 Å². The maximum Gasteiger partial charge on any atom is 0.143 e. The second-order valence-corrected chi connectivity index (χ2v) is 5.05. The number of nitrogens with one attached hydrogen (secondary N) is 1. The zero-order valence-electron chi connectivity index (χ0n) is 10.2. The maximum atomic E-state index is 5.40. The summed E-state index contributed by atoms with van der Waals surface area (Å²) in [6.07, 6.45) is 1.18. The molecule has 0 amide bonds. The minimum Gasteiger partial charge on any atom is -0.308 e. The van der Waals surface area contributed by atoms with E-state index in [1.54, 1.807) is 0 Å². The molecule has 0 bridgehead atoms. The van der Waals surface area contributed by atoms with E-state index in [-0.39, 0.29) is 0 Å². The summed E-state index contributed by atoms with van der Waals surface area (Å²) in [5.41, 5.74) is 3.63. The van der Waals surface area contributed by atoms with E-state index >= 15 is 0 Å². The van der Waals surface area contributed by atoms with Crippen LogP contribution in [0, 0.1) is 0 Å². The third-order valence-electron chi connectivity index (χ3n) is 2.11. The monoisotopic (exact) mass is 240 g/mol. The number of hydrogen-bond acceptors (Lipinski definition) is 5. The largest absolute Gasteiger partial charge is 0.308 e. The zero-order chi connectivity index (χ0) is 12.0. The molecule has 1 aromatic heterocycles. The molecule has 4 nitrogen and oxygen atoms in total. The third-order valence-corrected chi connectivity index (χ3v) is 3.27. The number of anilines is 1. The Morgan fingerprint density at radius 2 is 2.19 bits per heavy atom. The molecule has 0 atom stereocenters. The second-order valence-electron chi connectivity index (χ2n) is 3.95.